The number of rotatable bonds is 8. The van der Waals surface area contributed by atoms with Crippen molar-refractivity contribution in [2.75, 3.05) is 18.9 Å². The number of sulfone groups is 1. The van der Waals surface area contributed by atoms with Gasteiger partial charge in [0, 0.05) is 12.6 Å². The second kappa shape index (κ2) is 11.3. The van der Waals surface area contributed by atoms with Crippen LogP contribution in [-0.2, 0) is 21.1 Å². The largest absolute Gasteiger partial charge is 0.481 e. The van der Waals surface area contributed by atoms with Crippen LogP contribution in [0.2, 0.25) is 0 Å². The number of carbonyl (C=O) groups is 2. The summed E-state index contributed by atoms with van der Waals surface area (Å²) in [5.74, 6) is 4.48. The van der Waals surface area contributed by atoms with E-state index in [1.807, 2.05) is 30.3 Å². The van der Waals surface area contributed by atoms with E-state index in [-0.39, 0.29) is 30.9 Å². The van der Waals surface area contributed by atoms with Gasteiger partial charge < -0.3 is 14.7 Å². The lowest BCUT2D eigenvalue weighted by Gasteiger charge is -2.44. The van der Waals surface area contributed by atoms with Gasteiger partial charge in [-0.05, 0) is 56.0 Å². The normalized spacial score (nSPS) is 19.8. The van der Waals surface area contributed by atoms with Crippen LogP contribution in [0.15, 0.2) is 59.5 Å². The molecule has 3 N–H and O–H groups in total. The molecule has 0 saturated carbocycles. The van der Waals surface area contributed by atoms with Crippen molar-refractivity contribution in [1.29, 1.82) is 0 Å². The number of nitrogens with one attached hydrogen (secondary N) is 1. The van der Waals surface area contributed by atoms with Gasteiger partial charge in [-0.2, -0.15) is 0 Å². The summed E-state index contributed by atoms with van der Waals surface area (Å²) in [6.07, 6.45) is -0.945. The highest BCUT2D eigenvalue weighted by Gasteiger charge is 2.49. The number of nitrogens with zero attached hydrogens (tertiary/aromatic N) is 1. The standard InChI is InChI=1S/C25H28N2O7S/c1-2-3-15-34-21-9-11-22(12-10-21)35(32,33)18-25(23(28)26-31)13-14-27(24(29)30)20(17-25)16-19-7-5-4-6-8-19/h4-12,20,31H,13-18H2,1H3,(H,26,28)(H,29,30). The summed E-state index contributed by atoms with van der Waals surface area (Å²) in [6.45, 7) is 1.81. The molecule has 1 fully saturated rings. The summed E-state index contributed by atoms with van der Waals surface area (Å²) in [6, 6.07) is 14.3. The number of likely N-dealkylation sites (tertiary alicyclic amines) is 1. The van der Waals surface area contributed by atoms with Crippen molar-refractivity contribution in [2.45, 2.75) is 37.1 Å². The van der Waals surface area contributed by atoms with Crippen LogP contribution < -0.4 is 10.2 Å². The van der Waals surface area contributed by atoms with Crippen molar-refractivity contribution in [2.24, 2.45) is 5.41 Å². The fourth-order valence-corrected chi connectivity index (χ4v) is 6.24. The highest BCUT2D eigenvalue weighted by atomic mass is 32.2. The Kier molecular flexibility index (Phi) is 8.38. The molecule has 2 aromatic rings. The highest BCUT2D eigenvalue weighted by Crippen LogP contribution is 2.39. The van der Waals surface area contributed by atoms with Gasteiger partial charge in [-0.25, -0.2) is 18.7 Å². The predicted octanol–water partition coefficient (Wildman–Crippen LogP) is 2.74. The molecule has 3 rings (SSSR count). The predicted molar refractivity (Wildman–Crippen MR) is 128 cm³/mol. The minimum atomic E-state index is -3.97. The lowest BCUT2D eigenvalue weighted by atomic mass is 9.75. The van der Waals surface area contributed by atoms with E-state index in [9.17, 15) is 28.3 Å². The minimum Gasteiger partial charge on any atom is -0.481 e. The Labute approximate surface area is 204 Å². The zero-order chi connectivity index (χ0) is 25.5. The van der Waals surface area contributed by atoms with Gasteiger partial charge in [0.25, 0.3) is 5.91 Å². The number of benzene rings is 2. The maximum Gasteiger partial charge on any atom is 0.407 e. The first-order valence-corrected chi connectivity index (χ1v) is 12.7. The number of ether oxygens (including phenoxy) is 1. The van der Waals surface area contributed by atoms with Crippen molar-refractivity contribution < 1.29 is 33.1 Å². The van der Waals surface area contributed by atoms with E-state index in [1.54, 1.807) is 12.4 Å². The van der Waals surface area contributed by atoms with Gasteiger partial charge in [-0.15, -0.1) is 5.92 Å². The van der Waals surface area contributed by atoms with Gasteiger partial charge >= 0.3 is 6.09 Å². The fourth-order valence-electron chi connectivity index (χ4n) is 4.40. The van der Waals surface area contributed by atoms with Crippen molar-refractivity contribution in [3.05, 3.63) is 60.2 Å². The number of piperidine rings is 1. The van der Waals surface area contributed by atoms with Gasteiger partial charge in [0.2, 0.25) is 0 Å². The van der Waals surface area contributed by atoms with E-state index in [4.69, 9.17) is 4.74 Å². The second-order valence-corrected chi connectivity index (χ2v) is 10.4. The van der Waals surface area contributed by atoms with Crippen LogP contribution in [0, 0.1) is 17.3 Å². The molecule has 0 aliphatic carbocycles. The first-order valence-electron chi connectivity index (χ1n) is 11.0. The molecule has 2 atom stereocenters. The third-order valence-electron chi connectivity index (χ3n) is 6.18. The zero-order valence-electron chi connectivity index (χ0n) is 19.3. The van der Waals surface area contributed by atoms with E-state index in [2.05, 4.69) is 11.8 Å². The quantitative estimate of drug-likeness (QED) is 0.288. The molecule has 10 heteroatoms. The molecule has 0 bridgehead atoms. The van der Waals surface area contributed by atoms with Crippen LogP contribution >= 0.6 is 0 Å². The molecule has 1 aliphatic rings. The van der Waals surface area contributed by atoms with E-state index in [0.29, 0.717) is 12.2 Å². The molecule has 1 aliphatic heterocycles. The summed E-state index contributed by atoms with van der Waals surface area (Å²) < 4.78 is 32.1. The molecule has 9 nitrogen and oxygen atoms in total. The van der Waals surface area contributed by atoms with Gasteiger partial charge in [-0.3, -0.25) is 10.0 Å². The third kappa shape index (κ3) is 6.32. The molecular formula is C25H28N2O7S. The average molecular weight is 501 g/mol. The van der Waals surface area contributed by atoms with Gasteiger partial charge in [0.05, 0.1) is 16.1 Å². The van der Waals surface area contributed by atoms with Gasteiger partial charge in [-0.1, -0.05) is 36.3 Å². The highest BCUT2D eigenvalue weighted by molar-refractivity contribution is 7.91. The van der Waals surface area contributed by atoms with Crippen LogP contribution in [-0.4, -0.2) is 60.6 Å². The first-order chi connectivity index (χ1) is 16.7. The second-order valence-electron chi connectivity index (χ2n) is 8.44. The summed E-state index contributed by atoms with van der Waals surface area (Å²) in [5.41, 5.74) is 0.961. The molecule has 2 amide bonds. The van der Waals surface area contributed by atoms with Crippen LogP contribution in [0.1, 0.15) is 25.3 Å². The lowest BCUT2D eigenvalue weighted by Crippen LogP contribution is -2.57. The Balaban J connectivity index is 1.88. The van der Waals surface area contributed by atoms with E-state index >= 15 is 0 Å². The lowest BCUT2D eigenvalue weighted by molar-refractivity contribution is -0.142. The molecular weight excluding hydrogens is 472 g/mol. The maximum absolute atomic E-state index is 13.3. The number of carboxylic acid groups (broad SMARTS) is 1. The van der Waals surface area contributed by atoms with Crippen molar-refractivity contribution >= 4 is 21.8 Å². The Hall–Kier alpha value is -3.55. The summed E-state index contributed by atoms with van der Waals surface area (Å²) in [4.78, 5) is 26.0. The summed E-state index contributed by atoms with van der Waals surface area (Å²) >= 11 is 0. The molecule has 35 heavy (non-hydrogen) atoms. The molecule has 1 saturated heterocycles. The Morgan fingerprint density at radius 1 is 1.17 bits per heavy atom. The topological polar surface area (TPSA) is 133 Å². The number of hydrogen-bond acceptors (Lipinski definition) is 6. The van der Waals surface area contributed by atoms with Gasteiger partial charge in [0.1, 0.15) is 12.4 Å². The minimum absolute atomic E-state index is 0.00295. The first kappa shape index (κ1) is 26.1. The Morgan fingerprint density at radius 2 is 1.86 bits per heavy atom. The van der Waals surface area contributed by atoms with Crippen LogP contribution in [0.3, 0.4) is 0 Å². The van der Waals surface area contributed by atoms with E-state index < -0.39 is 39.0 Å². The SMILES string of the molecule is CC#CCOc1ccc(S(=O)(=O)CC2(C(=O)NO)CCN(C(=O)O)C(Cc3ccccc3)C2)cc1. The average Bonchev–Trinajstić information content (AvgIpc) is 2.84. The van der Waals surface area contributed by atoms with Crippen LogP contribution in [0.5, 0.6) is 5.75 Å². The van der Waals surface area contributed by atoms with Crippen LogP contribution in [0.4, 0.5) is 4.79 Å². The summed E-state index contributed by atoms with van der Waals surface area (Å²) in [7, 11) is -3.97. The molecule has 0 spiro atoms. The maximum atomic E-state index is 13.3. The van der Waals surface area contributed by atoms with Crippen molar-refractivity contribution in [3.8, 4) is 17.6 Å². The van der Waals surface area contributed by atoms with Crippen molar-refractivity contribution in [3.63, 3.8) is 0 Å². The molecule has 1 heterocycles. The molecule has 2 aromatic carbocycles. The number of hydroxylamine groups is 1. The third-order valence-corrected chi connectivity index (χ3v) is 8.10. The zero-order valence-corrected chi connectivity index (χ0v) is 20.1. The Morgan fingerprint density at radius 3 is 2.46 bits per heavy atom. The van der Waals surface area contributed by atoms with Gasteiger partial charge in [0.15, 0.2) is 9.84 Å². The van der Waals surface area contributed by atoms with E-state index in [0.717, 1.165) is 5.56 Å². The molecule has 0 aromatic heterocycles. The Bertz CT molecular complexity index is 1200. The number of amides is 2. The summed E-state index contributed by atoms with van der Waals surface area (Å²) in [5, 5.41) is 19.2. The van der Waals surface area contributed by atoms with E-state index in [1.165, 1.54) is 29.2 Å². The van der Waals surface area contributed by atoms with Crippen molar-refractivity contribution in [1.82, 2.24) is 10.4 Å². The fraction of sp³-hybridized carbons (Fsp3) is 0.360. The monoisotopic (exact) mass is 500 g/mol. The number of carbonyl (C=O) groups excluding carboxylic acids is 1. The molecule has 2 unspecified atom stereocenters. The number of hydrogen-bond donors (Lipinski definition) is 3. The smallest absolute Gasteiger partial charge is 0.407 e. The molecule has 186 valence electrons. The van der Waals surface area contributed by atoms with Crippen LogP contribution in [0.25, 0.3) is 0 Å². The molecule has 0 radical (unpaired) electrons.